The first-order chi connectivity index (χ1) is 8.66. The fourth-order valence-electron chi connectivity index (χ4n) is 1.81. The molecule has 1 amide bonds. The summed E-state index contributed by atoms with van der Waals surface area (Å²) in [6, 6.07) is 17.5. The van der Waals surface area contributed by atoms with Crippen molar-refractivity contribution in [1.29, 1.82) is 0 Å². The molecule has 0 aliphatic carbocycles. The Balaban J connectivity index is 2.06. The maximum atomic E-state index is 12.0. The highest BCUT2D eigenvalue weighted by Crippen LogP contribution is 2.13. The molecule has 1 N–H and O–H groups in total. The van der Waals surface area contributed by atoms with Crippen LogP contribution in [0.1, 0.15) is 34.5 Å². The maximum Gasteiger partial charge on any atom is 0.251 e. The topological polar surface area (TPSA) is 29.1 Å². The van der Waals surface area contributed by atoms with Gasteiger partial charge in [0, 0.05) is 5.56 Å². The van der Waals surface area contributed by atoms with Gasteiger partial charge in [-0.15, -0.1) is 0 Å². The lowest BCUT2D eigenvalue weighted by molar-refractivity contribution is 0.0940. The van der Waals surface area contributed by atoms with Gasteiger partial charge in [0.2, 0.25) is 0 Å². The molecule has 2 nitrogen and oxygen atoms in total. The van der Waals surface area contributed by atoms with Crippen LogP contribution in [0.5, 0.6) is 0 Å². The average molecular weight is 239 g/mol. The first kappa shape index (κ1) is 12.4. The molecule has 18 heavy (non-hydrogen) atoms. The standard InChI is InChI=1S/C16H17NO/c1-12-8-10-14(11-9-12)13(2)17-16(18)15-6-4-3-5-7-15/h3-11,13H,1-2H3,(H,17,18). The average Bonchev–Trinajstić information content (AvgIpc) is 2.40. The molecule has 0 spiro atoms. The Morgan fingerprint density at radius 1 is 1.00 bits per heavy atom. The van der Waals surface area contributed by atoms with Gasteiger partial charge in [-0.1, -0.05) is 48.0 Å². The normalized spacial score (nSPS) is 11.9. The zero-order valence-corrected chi connectivity index (χ0v) is 10.7. The van der Waals surface area contributed by atoms with Gasteiger partial charge in [0.25, 0.3) is 5.91 Å². The van der Waals surface area contributed by atoms with Crippen molar-refractivity contribution in [2.75, 3.05) is 0 Å². The van der Waals surface area contributed by atoms with Gasteiger partial charge in [0.15, 0.2) is 0 Å². The van der Waals surface area contributed by atoms with Crippen molar-refractivity contribution in [3.63, 3.8) is 0 Å². The molecule has 1 atom stereocenters. The Kier molecular flexibility index (Phi) is 3.78. The van der Waals surface area contributed by atoms with E-state index in [0.29, 0.717) is 5.56 Å². The summed E-state index contributed by atoms with van der Waals surface area (Å²) >= 11 is 0. The highest BCUT2D eigenvalue weighted by molar-refractivity contribution is 5.94. The molecule has 0 radical (unpaired) electrons. The van der Waals surface area contributed by atoms with Crippen LogP contribution in [-0.2, 0) is 0 Å². The van der Waals surface area contributed by atoms with Crippen LogP contribution in [0.3, 0.4) is 0 Å². The molecule has 2 aromatic rings. The van der Waals surface area contributed by atoms with Crippen LogP contribution in [0.2, 0.25) is 0 Å². The Hall–Kier alpha value is -2.09. The van der Waals surface area contributed by atoms with Gasteiger partial charge < -0.3 is 5.32 Å². The van der Waals surface area contributed by atoms with Crippen molar-refractivity contribution in [2.45, 2.75) is 19.9 Å². The van der Waals surface area contributed by atoms with Crippen LogP contribution < -0.4 is 5.32 Å². The Morgan fingerprint density at radius 3 is 2.22 bits per heavy atom. The predicted octanol–water partition coefficient (Wildman–Crippen LogP) is 3.49. The van der Waals surface area contributed by atoms with Gasteiger partial charge in [-0.25, -0.2) is 0 Å². The lowest BCUT2D eigenvalue weighted by Crippen LogP contribution is -2.26. The molecular formula is C16H17NO. The molecule has 2 aromatic carbocycles. The van der Waals surface area contributed by atoms with Crippen molar-refractivity contribution in [3.05, 3.63) is 71.3 Å². The number of benzene rings is 2. The van der Waals surface area contributed by atoms with E-state index in [1.807, 2.05) is 49.4 Å². The smallest absolute Gasteiger partial charge is 0.251 e. The Bertz CT molecular complexity index is 517. The molecule has 0 heterocycles. The molecule has 92 valence electrons. The van der Waals surface area contributed by atoms with Gasteiger partial charge in [0.05, 0.1) is 6.04 Å². The zero-order chi connectivity index (χ0) is 13.0. The number of amides is 1. The van der Waals surface area contributed by atoms with Crippen molar-refractivity contribution >= 4 is 5.91 Å². The van der Waals surface area contributed by atoms with E-state index in [4.69, 9.17) is 0 Å². The lowest BCUT2D eigenvalue weighted by atomic mass is 10.1. The zero-order valence-electron chi connectivity index (χ0n) is 10.7. The molecule has 2 rings (SSSR count). The minimum absolute atomic E-state index is 0.0123. The molecule has 0 aromatic heterocycles. The van der Waals surface area contributed by atoms with E-state index in [9.17, 15) is 4.79 Å². The first-order valence-electron chi connectivity index (χ1n) is 6.09. The number of rotatable bonds is 3. The van der Waals surface area contributed by atoms with Gasteiger partial charge in [-0.05, 0) is 31.5 Å². The summed E-state index contributed by atoms with van der Waals surface area (Å²) in [4.78, 5) is 12.0. The molecule has 0 aliphatic heterocycles. The van der Waals surface area contributed by atoms with E-state index in [2.05, 4.69) is 24.4 Å². The molecule has 1 unspecified atom stereocenters. The van der Waals surface area contributed by atoms with E-state index in [0.717, 1.165) is 5.56 Å². The fraction of sp³-hybridized carbons (Fsp3) is 0.188. The summed E-state index contributed by atoms with van der Waals surface area (Å²) in [7, 11) is 0. The number of nitrogens with one attached hydrogen (secondary N) is 1. The highest BCUT2D eigenvalue weighted by Gasteiger charge is 2.10. The van der Waals surface area contributed by atoms with Crippen LogP contribution in [0.4, 0.5) is 0 Å². The number of carbonyl (C=O) groups is 1. The SMILES string of the molecule is Cc1ccc(C(C)NC(=O)c2ccccc2)cc1. The van der Waals surface area contributed by atoms with E-state index in [-0.39, 0.29) is 11.9 Å². The number of hydrogen-bond donors (Lipinski definition) is 1. The van der Waals surface area contributed by atoms with Crippen LogP contribution in [-0.4, -0.2) is 5.91 Å². The summed E-state index contributed by atoms with van der Waals surface area (Å²) in [6.45, 7) is 4.04. The summed E-state index contributed by atoms with van der Waals surface area (Å²) in [6.07, 6.45) is 0. The molecule has 0 aliphatic rings. The molecular weight excluding hydrogens is 222 g/mol. The fourth-order valence-corrected chi connectivity index (χ4v) is 1.81. The minimum atomic E-state index is -0.0383. The first-order valence-corrected chi connectivity index (χ1v) is 6.09. The van der Waals surface area contributed by atoms with Crippen LogP contribution in [0, 0.1) is 6.92 Å². The molecule has 2 heteroatoms. The van der Waals surface area contributed by atoms with Gasteiger partial charge in [-0.2, -0.15) is 0 Å². The maximum absolute atomic E-state index is 12.0. The largest absolute Gasteiger partial charge is 0.346 e. The van der Waals surface area contributed by atoms with E-state index < -0.39 is 0 Å². The third kappa shape index (κ3) is 2.98. The Labute approximate surface area is 108 Å². The quantitative estimate of drug-likeness (QED) is 0.872. The van der Waals surface area contributed by atoms with E-state index in [1.54, 1.807) is 0 Å². The highest BCUT2D eigenvalue weighted by atomic mass is 16.1. The van der Waals surface area contributed by atoms with Gasteiger partial charge in [-0.3, -0.25) is 4.79 Å². The van der Waals surface area contributed by atoms with Crippen molar-refractivity contribution in [2.24, 2.45) is 0 Å². The van der Waals surface area contributed by atoms with E-state index >= 15 is 0 Å². The minimum Gasteiger partial charge on any atom is -0.346 e. The summed E-state index contributed by atoms with van der Waals surface area (Å²) in [5, 5.41) is 2.99. The second kappa shape index (κ2) is 5.50. The lowest BCUT2D eigenvalue weighted by Gasteiger charge is -2.14. The number of carbonyl (C=O) groups excluding carboxylic acids is 1. The molecule has 0 bridgehead atoms. The molecule has 0 saturated heterocycles. The van der Waals surface area contributed by atoms with Crippen molar-refractivity contribution in [3.8, 4) is 0 Å². The van der Waals surface area contributed by atoms with Gasteiger partial charge in [0.1, 0.15) is 0 Å². The molecule has 0 saturated carbocycles. The second-order valence-corrected chi connectivity index (χ2v) is 4.47. The summed E-state index contributed by atoms with van der Waals surface area (Å²) < 4.78 is 0. The van der Waals surface area contributed by atoms with Crippen molar-refractivity contribution in [1.82, 2.24) is 5.32 Å². The van der Waals surface area contributed by atoms with Crippen molar-refractivity contribution < 1.29 is 4.79 Å². The van der Waals surface area contributed by atoms with Crippen LogP contribution in [0.25, 0.3) is 0 Å². The predicted molar refractivity (Wildman–Crippen MR) is 73.5 cm³/mol. The van der Waals surface area contributed by atoms with Crippen LogP contribution in [0.15, 0.2) is 54.6 Å². The van der Waals surface area contributed by atoms with Gasteiger partial charge >= 0.3 is 0 Å². The number of aryl methyl sites for hydroxylation is 1. The Morgan fingerprint density at radius 2 is 1.61 bits per heavy atom. The van der Waals surface area contributed by atoms with E-state index in [1.165, 1.54) is 5.56 Å². The third-order valence-electron chi connectivity index (χ3n) is 2.96. The summed E-state index contributed by atoms with van der Waals surface area (Å²) in [5.41, 5.74) is 3.03. The summed E-state index contributed by atoms with van der Waals surface area (Å²) in [5.74, 6) is -0.0383. The number of hydrogen-bond acceptors (Lipinski definition) is 1. The van der Waals surface area contributed by atoms with Crippen LogP contribution >= 0.6 is 0 Å². The third-order valence-corrected chi connectivity index (χ3v) is 2.96. The second-order valence-electron chi connectivity index (χ2n) is 4.47. The molecule has 0 fully saturated rings. The monoisotopic (exact) mass is 239 g/mol.